The Kier molecular flexibility index (Phi) is 5.70. The van der Waals surface area contributed by atoms with Crippen molar-refractivity contribution >= 4 is 41.8 Å². The number of aromatic hydroxyl groups is 1. The van der Waals surface area contributed by atoms with Gasteiger partial charge in [0.25, 0.3) is 0 Å². The van der Waals surface area contributed by atoms with Gasteiger partial charge in [-0.25, -0.2) is 4.99 Å². The van der Waals surface area contributed by atoms with Crippen LogP contribution in [0, 0.1) is 3.95 Å². The van der Waals surface area contributed by atoms with Gasteiger partial charge < -0.3 is 5.11 Å². The minimum atomic E-state index is -5.35. The molecule has 2 aromatic carbocycles. The van der Waals surface area contributed by atoms with Crippen LogP contribution in [0.4, 0.5) is 26.3 Å². The van der Waals surface area contributed by atoms with Gasteiger partial charge in [-0.05, 0) is 35.6 Å². The standard InChI is InChI=1S/C20H10F6N4OS2/c21-19(22,23)12-2-1-3-13(15(12)20(24,25)26)30-17(31)14(33-18(30)32)8-10-4-6-11(7-5-10)16-27-9-28-29-16/h1-9,31H. The minimum absolute atomic E-state index is 0.0736. The van der Waals surface area contributed by atoms with Crippen LogP contribution in [-0.2, 0) is 12.4 Å². The number of aromatic nitrogens is 1. The van der Waals surface area contributed by atoms with E-state index in [1.165, 1.54) is 12.4 Å². The number of hydrogen-bond donors (Lipinski definition) is 1. The SMILES string of the molecule is Oc1c(C=c2ccc(=C3N=CN=N3)cc2)sc(=S)n1-c1cccc(C(F)(F)F)c1C(F)(F)F. The first-order valence-corrected chi connectivity index (χ1v) is 10.2. The molecule has 0 unspecified atom stereocenters. The summed E-state index contributed by atoms with van der Waals surface area (Å²) in [5.41, 5.74) is -4.71. The maximum atomic E-state index is 13.6. The Balaban J connectivity index is 1.87. The lowest BCUT2D eigenvalue weighted by Crippen LogP contribution is -2.19. The topological polar surface area (TPSA) is 62.2 Å². The van der Waals surface area contributed by atoms with Gasteiger partial charge in [0.2, 0.25) is 5.88 Å². The second-order valence-corrected chi connectivity index (χ2v) is 8.31. The lowest BCUT2D eigenvalue weighted by atomic mass is 10.0. The van der Waals surface area contributed by atoms with E-state index in [1.807, 2.05) is 0 Å². The third-order valence-corrected chi connectivity index (χ3v) is 5.85. The van der Waals surface area contributed by atoms with Crippen LogP contribution < -0.4 is 10.4 Å². The van der Waals surface area contributed by atoms with Crippen LogP contribution >= 0.6 is 23.6 Å². The molecule has 33 heavy (non-hydrogen) atoms. The van der Waals surface area contributed by atoms with E-state index >= 15 is 0 Å². The number of nitrogens with zero attached hydrogens (tertiary/aromatic N) is 4. The van der Waals surface area contributed by atoms with E-state index in [-0.39, 0.29) is 8.83 Å². The highest BCUT2D eigenvalue weighted by atomic mass is 32.1. The number of hydrogen-bond acceptors (Lipinski definition) is 6. The lowest BCUT2D eigenvalue weighted by molar-refractivity contribution is -0.162. The van der Waals surface area contributed by atoms with E-state index in [2.05, 4.69) is 15.2 Å². The summed E-state index contributed by atoms with van der Waals surface area (Å²) in [6, 6.07) is 8.62. The first-order chi connectivity index (χ1) is 15.5. The van der Waals surface area contributed by atoms with Gasteiger partial charge in [0.15, 0.2) is 9.78 Å². The molecule has 1 N–H and O–H groups in total. The quantitative estimate of drug-likeness (QED) is 0.378. The molecule has 1 aliphatic heterocycles. The molecule has 5 nitrogen and oxygen atoms in total. The Morgan fingerprint density at radius 3 is 2.24 bits per heavy atom. The average molecular weight is 500 g/mol. The van der Waals surface area contributed by atoms with Gasteiger partial charge in [0, 0.05) is 5.22 Å². The summed E-state index contributed by atoms with van der Waals surface area (Å²) >= 11 is 5.84. The molecule has 2 heterocycles. The van der Waals surface area contributed by atoms with E-state index in [0.29, 0.717) is 26.9 Å². The molecule has 1 aliphatic rings. The molecule has 3 aromatic rings. The fraction of sp³-hybridized carbons (Fsp3) is 0.100. The van der Waals surface area contributed by atoms with Gasteiger partial charge in [-0.1, -0.05) is 30.3 Å². The van der Waals surface area contributed by atoms with Gasteiger partial charge in [0.1, 0.15) is 6.34 Å². The van der Waals surface area contributed by atoms with Gasteiger partial charge in [-0.2, -0.15) is 26.3 Å². The van der Waals surface area contributed by atoms with Crippen molar-refractivity contribution in [1.29, 1.82) is 0 Å². The Hall–Kier alpha value is -3.32. The van der Waals surface area contributed by atoms with Crippen molar-refractivity contribution in [2.24, 2.45) is 15.2 Å². The first-order valence-electron chi connectivity index (χ1n) is 8.95. The zero-order valence-corrected chi connectivity index (χ0v) is 17.6. The van der Waals surface area contributed by atoms with Crippen molar-refractivity contribution in [2.45, 2.75) is 12.4 Å². The Labute approximate surface area is 190 Å². The number of benzene rings is 2. The molecular weight excluding hydrogens is 490 g/mol. The van der Waals surface area contributed by atoms with Gasteiger partial charge in [-0.3, -0.25) is 4.57 Å². The lowest BCUT2D eigenvalue weighted by Gasteiger charge is -2.19. The Morgan fingerprint density at radius 2 is 1.67 bits per heavy atom. The Morgan fingerprint density at radius 1 is 0.970 bits per heavy atom. The highest BCUT2D eigenvalue weighted by molar-refractivity contribution is 7.73. The Bertz CT molecular complexity index is 1440. The second kappa shape index (κ2) is 8.23. The first kappa shape index (κ1) is 22.9. The average Bonchev–Trinajstić information content (AvgIpc) is 3.35. The summed E-state index contributed by atoms with van der Waals surface area (Å²) in [4.78, 5) is 4.03. The third-order valence-electron chi connectivity index (χ3n) is 4.54. The normalized spacial score (nSPS) is 13.7. The van der Waals surface area contributed by atoms with Gasteiger partial charge >= 0.3 is 12.4 Å². The number of thiazole rings is 1. The summed E-state index contributed by atoms with van der Waals surface area (Å²) in [5.74, 6) is -0.307. The van der Waals surface area contributed by atoms with Crippen LogP contribution in [0.15, 0.2) is 57.7 Å². The molecule has 0 bridgehead atoms. The smallest absolute Gasteiger partial charge is 0.419 e. The molecule has 0 spiro atoms. The van der Waals surface area contributed by atoms with Crippen molar-refractivity contribution in [3.8, 4) is 11.6 Å². The van der Waals surface area contributed by atoms with Crippen molar-refractivity contribution < 1.29 is 31.4 Å². The number of halogens is 6. The van der Waals surface area contributed by atoms with E-state index in [9.17, 15) is 31.4 Å². The summed E-state index contributed by atoms with van der Waals surface area (Å²) in [6.07, 6.45) is -7.87. The predicted octanol–water partition coefficient (Wildman–Crippen LogP) is 5.40. The molecule has 13 heteroatoms. The largest absolute Gasteiger partial charge is 0.493 e. The second-order valence-electron chi connectivity index (χ2n) is 6.64. The van der Waals surface area contributed by atoms with Gasteiger partial charge in [-0.15, -0.1) is 21.6 Å². The van der Waals surface area contributed by atoms with Gasteiger partial charge in [0.05, 0.1) is 21.7 Å². The number of rotatable bonds is 2. The molecule has 0 atom stereocenters. The molecule has 0 fully saturated rings. The molecule has 4 rings (SSSR count). The van der Waals surface area contributed by atoms with Crippen LogP contribution in [-0.4, -0.2) is 16.0 Å². The molecule has 0 radical (unpaired) electrons. The summed E-state index contributed by atoms with van der Waals surface area (Å²) in [5, 5.41) is 19.3. The van der Waals surface area contributed by atoms with E-state index in [0.717, 1.165) is 23.5 Å². The number of aliphatic imine (C=N–C) groups is 1. The molecule has 170 valence electrons. The zero-order chi connectivity index (χ0) is 24.0. The van der Waals surface area contributed by atoms with E-state index in [4.69, 9.17) is 12.2 Å². The number of azo groups is 1. The molecule has 0 amide bonds. The highest BCUT2D eigenvalue weighted by Gasteiger charge is 2.45. The zero-order valence-electron chi connectivity index (χ0n) is 16.0. The van der Waals surface area contributed by atoms with Crippen molar-refractivity contribution in [3.63, 3.8) is 0 Å². The highest BCUT2D eigenvalue weighted by Crippen LogP contribution is 2.44. The van der Waals surface area contributed by atoms with Crippen LogP contribution in [0.25, 0.3) is 17.6 Å². The summed E-state index contributed by atoms with van der Waals surface area (Å²) < 4.78 is 81.1. The van der Waals surface area contributed by atoms with Crippen LogP contribution in [0.5, 0.6) is 5.88 Å². The fourth-order valence-electron chi connectivity index (χ4n) is 3.15. The number of alkyl halides is 6. The van der Waals surface area contributed by atoms with Crippen LogP contribution in [0.3, 0.4) is 0 Å². The fourth-order valence-corrected chi connectivity index (χ4v) is 4.44. The van der Waals surface area contributed by atoms with Crippen molar-refractivity contribution in [2.75, 3.05) is 0 Å². The van der Waals surface area contributed by atoms with Crippen LogP contribution in [0.2, 0.25) is 0 Å². The van der Waals surface area contributed by atoms with E-state index in [1.54, 1.807) is 24.3 Å². The molecule has 1 aromatic heterocycles. The monoisotopic (exact) mass is 500 g/mol. The summed E-state index contributed by atoms with van der Waals surface area (Å²) in [7, 11) is 0. The predicted molar refractivity (Wildman–Crippen MR) is 112 cm³/mol. The van der Waals surface area contributed by atoms with E-state index < -0.39 is 35.0 Å². The maximum absolute atomic E-state index is 13.6. The third kappa shape index (κ3) is 4.46. The van der Waals surface area contributed by atoms with Crippen molar-refractivity contribution in [3.05, 3.63) is 72.9 Å². The molecule has 0 saturated heterocycles. The molecule has 0 aliphatic carbocycles. The van der Waals surface area contributed by atoms with Crippen molar-refractivity contribution in [1.82, 2.24) is 4.57 Å². The van der Waals surface area contributed by atoms with Crippen LogP contribution in [0.1, 0.15) is 16.0 Å². The molecular formula is C20H10F6N4OS2. The maximum Gasteiger partial charge on any atom is 0.419 e. The summed E-state index contributed by atoms with van der Waals surface area (Å²) in [6.45, 7) is 0. The molecule has 0 saturated carbocycles. The minimum Gasteiger partial charge on any atom is -0.493 e.